The summed E-state index contributed by atoms with van der Waals surface area (Å²) in [6, 6.07) is 19.9. The average Bonchev–Trinajstić information content (AvgIpc) is 2.96. The van der Waals surface area contributed by atoms with Crippen molar-refractivity contribution < 1.29 is 4.74 Å². The Labute approximate surface area is 188 Å². The quantitative estimate of drug-likeness (QED) is 0.650. The number of ether oxygens (including phenoxy) is 1. The lowest BCUT2D eigenvalue weighted by Crippen LogP contribution is -2.43. The Morgan fingerprint density at radius 2 is 1.48 bits per heavy atom. The number of rotatable bonds is 5. The van der Waals surface area contributed by atoms with Crippen LogP contribution in [0.3, 0.4) is 0 Å². The van der Waals surface area contributed by atoms with Crippen molar-refractivity contribution in [3.63, 3.8) is 0 Å². The van der Waals surface area contributed by atoms with Gasteiger partial charge in [-0.15, -0.1) is 24.8 Å². The molecule has 0 radical (unpaired) electrons. The highest BCUT2D eigenvalue weighted by Crippen LogP contribution is 2.56. The van der Waals surface area contributed by atoms with E-state index in [4.69, 9.17) is 4.74 Å². The van der Waals surface area contributed by atoms with Crippen LogP contribution in [0.4, 0.5) is 0 Å². The lowest BCUT2D eigenvalue weighted by atomic mass is 9.79. The third-order valence-electron chi connectivity index (χ3n) is 6.39. The minimum Gasteiger partial charge on any atom is -0.354 e. The Hall–Kier alpha value is -1.10. The zero-order chi connectivity index (χ0) is 18.9. The van der Waals surface area contributed by atoms with E-state index >= 15 is 0 Å². The highest BCUT2D eigenvalue weighted by atomic mass is 35.5. The molecule has 1 saturated heterocycles. The van der Waals surface area contributed by atoms with E-state index in [-0.39, 0.29) is 36.0 Å². The highest BCUT2D eigenvalue weighted by molar-refractivity contribution is 5.85. The Balaban J connectivity index is 0.00000150. The first kappa shape index (κ1) is 24.2. The van der Waals surface area contributed by atoms with Crippen LogP contribution in [0.15, 0.2) is 54.6 Å². The number of nitrogens with zero attached hydrogens (tertiary/aromatic N) is 2. The first-order valence-electron chi connectivity index (χ1n) is 10.2. The Morgan fingerprint density at radius 1 is 0.897 bits per heavy atom. The van der Waals surface area contributed by atoms with Crippen LogP contribution < -0.4 is 0 Å². The van der Waals surface area contributed by atoms with E-state index in [1.54, 1.807) is 0 Å². The van der Waals surface area contributed by atoms with E-state index < -0.39 is 0 Å². The minimum atomic E-state index is -0.330. The predicted molar refractivity (Wildman–Crippen MR) is 125 cm³/mol. The van der Waals surface area contributed by atoms with Crippen molar-refractivity contribution in [3.8, 4) is 0 Å². The molecule has 29 heavy (non-hydrogen) atoms. The van der Waals surface area contributed by atoms with Crippen LogP contribution in [0, 0.1) is 0 Å². The maximum atomic E-state index is 7.22. The number of fused-ring (bicyclic) bond motifs is 2. The second-order valence-electron chi connectivity index (χ2n) is 8.55. The molecule has 1 fully saturated rings. The van der Waals surface area contributed by atoms with Gasteiger partial charge in [-0.3, -0.25) is 0 Å². The second kappa shape index (κ2) is 9.80. The van der Waals surface area contributed by atoms with Crippen LogP contribution in [0.25, 0.3) is 0 Å². The molecule has 1 unspecified atom stereocenters. The van der Waals surface area contributed by atoms with E-state index in [9.17, 15) is 0 Å². The zero-order valence-electron chi connectivity index (χ0n) is 17.8. The SMILES string of the molecule is CN(C)CCCC1(c2ccccc2)OC2(CCN(C)CC2)c2ccccc21.Cl.Cl. The third kappa shape index (κ3) is 4.50. The molecule has 3 nitrogen and oxygen atoms in total. The first-order chi connectivity index (χ1) is 13.1. The van der Waals surface area contributed by atoms with Gasteiger partial charge in [0.1, 0.15) is 5.60 Å². The summed E-state index contributed by atoms with van der Waals surface area (Å²) in [5.41, 5.74) is 3.64. The fourth-order valence-corrected chi connectivity index (χ4v) is 4.92. The van der Waals surface area contributed by atoms with Crippen molar-refractivity contribution in [2.75, 3.05) is 40.8 Å². The molecule has 4 rings (SSSR count). The molecule has 1 spiro atoms. The summed E-state index contributed by atoms with van der Waals surface area (Å²) in [6.07, 6.45) is 4.28. The van der Waals surface area contributed by atoms with Gasteiger partial charge in [0.25, 0.3) is 0 Å². The van der Waals surface area contributed by atoms with E-state index in [1.165, 1.54) is 16.7 Å². The summed E-state index contributed by atoms with van der Waals surface area (Å²) in [7, 11) is 6.52. The van der Waals surface area contributed by atoms with Crippen molar-refractivity contribution in [1.29, 1.82) is 0 Å². The molecule has 1 atom stereocenters. The van der Waals surface area contributed by atoms with Gasteiger partial charge in [-0.2, -0.15) is 0 Å². The lowest BCUT2D eigenvalue weighted by Gasteiger charge is -2.41. The Kier molecular flexibility index (Phi) is 8.17. The van der Waals surface area contributed by atoms with E-state index in [0.717, 1.165) is 45.3 Å². The van der Waals surface area contributed by atoms with Gasteiger partial charge in [-0.05, 0) is 70.1 Å². The molecule has 2 aliphatic heterocycles. The number of halogens is 2. The van der Waals surface area contributed by atoms with Crippen molar-refractivity contribution in [1.82, 2.24) is 9.80 Å². The van der Waals surface area contributed by atoms with Gasteiger partial charge >= 0.3 is 0 Å². The standard InChI is InChI=1S/C24H32N2O.2ClH/c1-25(2)17-9-14-24(20-10-5-4-6-11-20)22-13-8-7-12-21(22)23(27-24)15-18-26(3)19-16-23;;/h4-8,10-13H,9,14-19H2,1-3H3;2*1H. The van der Waals surface area contributed by atoms with Gasteiger partial charge in [0.15, 0.2) is 0 Å². The third-order valence-corrected chi connectivity index (χ3v) is 6.39. The van der Waals surface area contributed by atoms with Crippen LogP contribution in [-0.2, 0) is 15.9 Å². The molecular formula is C24H34Cl2N2O. The maximum Gasteiger partial charge on any atom is 0.120 e. The Bertz CT molecular complexity index is 775. The summed E-state index contributed by atoms with van der Waals surface area (Å²) in [5, 5.41) is 0. The van der Waals surface area contributed by atoms with E-state index in [0.29, 0.717) is 0 Å². The molecule has 0 bridgehead atoms. The lowest BCUT2D eigenvalue weighted by molar-refractivity contribution is -0.149. The summed E-state index contributed by atoms with van der Waals surface area (Å²) >= 11 is 0. The maximum absolute atomic E-state index is 7.22. The molecular weight excluding hydrogens is 403 g/mol. The minimum absolute atomic E-state index is 0. The van der Waals surface area contributed by atoms with Crippen LogP contribution in [0.2, 0.25) is 0 Å². The molecule has 0 saturated carbocycles. The van der Waals surface area contributed by atoms with Crippen LogP contribution >= 0.6 is 24.8 Å². The predicted octanol–water partition coefficient (Wildman–Crippen LogP) is 5.07. The van der Waals surface area contributed by atoms with Crippen LogP contribution in [0.5, 0.6) is 0 Å². The smallest absolute Gasteiger partial charge is 0.120 e. The van der Waals surface area contributed by atoms with Crippen molar-refractivity contribution >= 4 is 24.8 Å². The number of piperidine rings is 1. The zero-order valence-corrected chi connectivity index (χ0v) is 19.4. The molecule has 2 heterocycles. The fraction of sp³-hybridized carbons (Fsp3) is 0.500. The second-order valence-corrected chi connectivity index (χ2v) is 8.55. The van der Waals surface area contributed by atoms with Crippen molar-refractivity contribution in [2.24, 2.45) is 0 Å². The van der Waals surface area contributed by atoms with Crippen LogP contribution in [0.1, 0.15) is 42.4 Å². The molecule has 0 aliphatic carbocycles. The van der Waals surface area contributed by atoms with Crippen molar-refractivity contribution in [2.45, 2.75) is 36.9 Å². The molecule has 0 aromatic heterocycles. The Morgan fingerprint density at radius 3 is 2.10 bits per heavy atom. The van der Waals surface area contributed by atoms with Gasteiger partial charge in [-0.1, -0.05) is 54.6 Å². The molecule has 2 aromatic rings. The molecule has 0 amide bonds. The molecule has 2 aliphatic rings. The first-order valence-corrected chi connectivity index (χ1v) is 10.2. The highest BCUT2D eigenvalue weighted by Gasteiger charge is 2.54. The monoisotopic (exact) mass is 436 g/mol. The fourth-order valence-electron chi connectivity index (χ4n) is 4.92. The van der Waals surface area contributed by atoms with Gasteiger partial charge in [-0.25, -0.2) is 0 Å². The number of likely N-dealkylation sites (tertiary alicyclic amines) is 1. The number of benzene rings is 2. The molecule has 160 valence electrons. The molecule has 5 heteroatoms. The number of hydrogen-bond donors (Lipinski definition) is 0. The van der Waals surface area contributed by atoms with Gasteiger partial charge in [0.2, 0.25) is 0 Å². The van der Waals surface area contributed by atoms with Crippen molar-refractivity contribution in [3.05, 3.63) is 71.3 Å². The van der Waals surface area contributed by atoms with Crippen LogP contribution in [-0.4, -0.2) is 50.6 Å². The molecule has 0 N–H and O–H groups in total. The van der Waals surface area contributed by atoms with Gasteiger partial charge in [0, 0.05) is 13.1 Å². The van der Waals surface area contributed by atoms with E-state index in [1.807, 2.05) is 0 Å². The summed E-state index contributed by atoms with van der Waals surface area (Å²) in [5.74, 6) is 0. The van der Waals surface area contributed by atoms with E-state index in [2.05, 4.69) is 85.5 Å². The van der Waals surface area contributed by atoms with Gasteiger partial charge < -0.3 is 14.5 Å². The summed E-state index contributed by atoms with van der Waals surface area (Å²) in [4.78, 5) is 4.69. The van der Waals surface area contributed by atoms with Gasteiger partial charge in [0.05, 0.1) is 5.60 Å². The largest absolute Gasteiger partial charge is 0.354 e. The summed E-state index contributed by atoms with van der Waals surface area (Å²) in [6.45, 7) is 3.27. The average molecular weight is 437 g/mol. The topological polar surface area (TPSA) is 15.7 Å². The molecule has 2 aromatic carbocycles. The summed E-state index contributed by atoms with van der Waals surface area (Å²) < 4.78 is 7.22. The normalized spacial score (nSPS) is 22.8. The number of hydrogen-bond acceptors (Lipinski definition) is 3.